The second-order valence-electron chi connectivity index (χ2n) is 5.33. The molecule has 0 saturated carbocycles. The molecule has 7 heteroatoms. The molecule has 0 bridgehead atoms. The van der Waals surface area contributed by atoms with E-state index in [4.69, 9.17) is 9.47 Å². The van der Waals surface area contributed by atoms with E-state index in [1.54, 1.807) is 24.1 Å². The molecule has 0 radical (unpaired) electrons. The molecule has 0 aromatic heterocycles. The summed E-state index contributed by atoms with van der Waals surface area (Å²) >= 11 is 0. The summed E-state index contributed by atoms with van der Waals surface area (Å²) in [6.07, 6.45) is 1.36. The number of carbonyl (C=O) groups is 2. The monoisotopic (exact) mass is 318 g/mol. The van der Waals surface area contributed by atoms with Gasteiger partial charge in [-0.1, -0.05) is 0 Å². The number of allylic oxidation sites excluding steroid dienone is 1. The van der Waals surface area contributed by atoms with E-state index in [9.17, 15) is 14.7 Å². The van der Waals surface area contributed by atoms with E-state index in [0.717, 1.165) is 0 Å². The molecule has 7 nitrogen and oxygen atoms in total. The van der Waals surface area contributed by atoms with Crippen molar-refractivity contribution in [1.29, 1.82) is 0 Å². The quantitative estimate of drug-likeness (QED) is 0.834. The van der Waals surface area contributed by atoms with E-state index in [0.29, 0.717) is 44.1 Å². The molecular formula is C16H18N2O5. The summed E-state index contributed by atoms with van der Waals surface area (Å²) in [5, 5.41) is 9.44. The Bertz CT molecular complexity index is 662. The predicted molar refractivity (Wildman–Crippen MR) is 81.3 cm³/mol. The van der Waals surface area contributed by atoms with Gasteiger partial charge >= 0.3 is 6.09 Å². The molecule has 0 atom stereocenters. The Labute approximate surface area is 133 Å². The first-order chi connectivity index (χ1) is 11.1. The zero-order chi connectivity index (χ0) is 16.4. The lowest BCUT2D eigenvalue weighted by molar-refractivity contribution is 0.0875. The summed E-state index contributed by atoms with van der Waals surface area (Å²) in [6.45, 7) is 4.39. The topological polar surface area (TPSA) is 79.3 Å². The molecule has 2 heterocycles. The fourth-order valence-corrected chi connectivity index (χ4v) is 2.58. The molecule has 0 aliphatic carbocycles. The van der Waals surface area contributed by atoms with Crippen LogP contribution in [0.25, 0.3) is 0 Å². The van der Waals surface area contributed by atoms with E-state index >= 15 is 0 Å². The number of rotatable bonds is 2. The summed E-state index contributed by atoms with van der Waals surface area (Å²) in [5.74, 6) is 0.454. The van der Waals surface area contributed by atoms with E-state index in [1.165, 1.54) is 12.1 Å². The van der Waals surface area contributed by atoms with Gasteiger partial charge in [0.1, 0.15) is 11.5 Å². The zero-order valence-electron chi connectivity index (χ0n) is 12.8. The number of phenols is 1. The molecule has 2 aliphatic rings. The number of benzene rings is 1. The molecule has 23 heavy (non-hydrogen) atoms. The number of phenolic OH excluding ortho intramolecular Hbond substituents is 1. The predicted octanol–water partition coefficient (Wildman–Crippen LogP) is 1.58. The van der Waals surface area contributed by atoms with Crippen molar-refractivity contribution in [3.63, 3.8) is 0 Å². The highest BCUT2D eigenvalue weighted by Crippen LogP contribution is 2.33. The first-order valence-electron chi connectivity index (χ1n) is 7.51. The number of nitrogens with zero attached hydrogens (tertiary/aromatic N) is 2. The van der Waals surface area contributed by atoms with E-state index in [2.05, 4.69) is 0 Å². The number of piperazine rings is 1. The van der Waals surface area contributed by atoms with Crippen molar-refractivity contribution in [2.45, 2.75) is 6.92 Å². The van der Waals surface area contributed by atoms with Crippen molar-refractivity contribution in [3.8, 4) is 11.5 Å². The summed E-state index contributed by atoms with van der Waals surface area (Å²) in [5.41, 5.74) is 0.444. The van der Waals surface area contributed by atoms with Crippen molar-refractivity contribution in [1.82, 2.24) is 9.80 Å². The Morgan fingerprint density at radius 2 is 2.09 bits per heavy atom. The number of hydrogen-bond donors (Lipinski definition) is 1. The van der Waals surface area contributed by atoms with Crippen LogP contribution < -0.4 is 4.74 Å². The number of hydrogen-bond acceptors (Lipinski definition) is 6. The van der Waals surface area contributed by atoms with Gasteiger partial charge in [-0.2, -0.15) is 0 Å². The standard InChI is InChI=1S/C16H18N2O5/c1-2-22-16(21)18-7-5-17(6-8-18)10-14-15(20)12-4-3-11(19)9-13(12)23-14/h3-4,9-10,19H,2,5-8H2,1H3. The third-order valence-electron chi connectivity index (χ3n) is 3.79. The minimum atomic E-state index is -0.309. The van der Waals surface area contributed by atoms with Crippen LogP contribution in [0.2, 0.25) is 0 Å². The van der Waals surface area contributed by atoms with Gasteiger partial charge in [0.2, 0.25) is 5.78 Å². The average Bonchev–Trinajstić information content (AvgIpc) is 2.83. The molecule has 122 valence electrons. The molecule has 0 spiro atoms. The maximum atomic E-state index is 12.3. The van der Waals surface area contributed by atoms with Gasteiger partial charge in [0, 0.05) is 38.4 Å². The molecule has 1 aromatic carbocycles. The average molecular weight is 318 g/mol. The Hall–Kier alpha value is -2.70. The van der Waals surface area contributed by atoms with Crippen LogP contribution >= 0.6 is 0 Å². The van der Waals surface area contributed by atoms with Gasteiger partial charge in [-0.05, 0) is 19.1 Å². The van der Waals surface area contributed by atoms with Gasteiger partial charge in [-0.15, -0.1) is 0 Å². The number of aromatic hydroxyl groups is 1. The smallest absolute Gasteiger partial charge is 0.409 e. The zero-order valence-corrected chi connectivity index (χ0v) is 12.8. The van der Waals surface area contributed by atoms with Crippen molar-refractivity contribution < 1.29 is 24.2 Å². The van der Waals surface area contributed by atoms with Gasteiger partial charge in [0.15, 0.2) is 5.76 Å². The Kier molecular flexibility index (Phi) is 4.10. The number of ether oxygens (including phenoxy) is 2. The van der Waals surface area contributed by atoms with Crippen molar-refractivity contribution >= 4 is 11.9 Å². The molecule has 1 saturated heterocycles. The lowest BCUT2D eigenvalue weighted by Crippen LogP contribution is -2.47. The fourth-order valence-electron chi connectivity index (χ4n) is 2.58. The molecule has 3 rings (SSSR count). The van der Waals surface area contributed by atoms with Gasteiger partial charge in [-0.25, -0.2) is 4.79 Å². The maximum Gasteiger partial charge on any atom is 0.409 e. The number of carbonyl (C=O) groups excluding carboxylic acids is 2. The third-order valence-corrected chi connectivity index (χ3v) is 3.79. The Morgan fingerprint density at radius 1 is 1.35 bits per heavy atom. The van der Waals surface area contributed by atoms with Crippen LogP contribution in [0.4, 0.5) is 4.79 Å². The minimum absolute atomic E-state index is 0.0563. The lowest BCUT2D eigenvalue weighted by atomic mass is 10.1. The first-order valence-corrected chi connectivity index (χ1v) is 7.51. The van der Waals surface area contributed by atoms with Crippen LogP contribution in [0.5, 0.6) is 11.5 Å². The van der Waals surface area contributed by atoms with Crippen LogP contribution in [-0.4, -0.2) is 59.6 Å². The van der Waals surface area contributed by atoms with Crippen molar-refractivity contribution in [3.05, 3.63) is 35.7 Å². The summed E-state index contributed by atoms with van der Waals surface area (Å²) in [7, 11) is 0. The molecule has 1 N–H and O–H groups in total. The van der Waals surface area contributed by atoms with Gasteiger partial charge in [0.25, 0.3) is 0 Å². The molecule has 1 amide bonds. The van der Waals surface area contributed by atoms with Gasteiger partial charge in [0.05, 0.1) is 12.2 Å². The van der Waals surface area contributed by atoms with Crippen LogP contribution in [-0.2, 0) is 4.74 Å². The highest BCUT2D eigenvalue weighted by Gasteiger charge is 2.29. The van der Waals surface area contributed by atoms with Gasteiger partial charge in [-0.3, -0.25) is 4.79 Å². The lowest BCUT2D eigenvalue weighted by Gasteiger charge is -2.33. The minimum Gasteiger partial charge on any atom is -0.508 e. The SMILES string of the molecule is CCOC(=O)N1CCN(C=C2Oc3cc(O)ccc3C2=O)CC1. The number of ketones is 1. The first kappa shape index (κ1) is 15.2. The van der Waals surface area contributed by atoms with Crippen LogP contribution in [0.1, 0.15) is 17.3 Å². The highest BCUT2D eigenvalue weighted by molar-refractivity contribution is 6.12. The molecule has 1 aromatic rings. The number of fused-ring (bicyclic) bond motifs is 1. The summed E-state index contributed by atoms with van der Waals surface area (Å²) < 4.78 is 10.5. The normalized spacial score (nSPS) is 18.8. The Balaban J connectivity index is 1.64. The fraction of sp³-hybridized carbons (Fsp3) is 0.375. The number of amides is 1. The summed E-state index contributed by atoms with van der Waals surface area (Å²) in [6, 6.07) is 4.43. The van der Waals surface area contributed by atoms with E-state index < -0.39 is 0 Å². The second kappa shape index (κ2) is 6.20. The summed E-state index contributed by atoms with van der Waals surface area (Å²) in [4.78, 5) is 27.5. The number of Topliss-reactive ketones (excluding diaryl/α,β-unsaturated/α-hetero) is 1. The second-order valence-corrected chi connectivity index (χ2v) is 5.33. The van der Waals surface area contributed by atoms with Crippen LogP contribution in [0.15, 0.2) is 30.2 Å². The molecule has 2 aliphatic heterocycles. The van der Waals surface area contributed by atoms with Gasteiger partial charge < -0.3 is 24.4 Å². The van der Waals surface area contributed by atoms with Crippen LogP contribution in [0.3, 0.4) is 0 Å². The molecule has 0 unspecified atom stereocenters. The van der Waals surface area contributed by atoms with E-state index in [1.807, 2.05) is 4.90 Å². The molecular weight excluding hydrogens is 300 g/mol. The van der Waals surface area contributed by atoms with Crippen molar-refractivity contribution in [2.24, 2.45) is 0 Å². The van der Waals surface area contributed by atoms with Crippen LogP contribution in [0, 0.1) is 0 Å². The highest BCUT2D eigenvalue weighted by atomic mass is 16.6. The maximum absolute atomic E-state index is 12.3. The Morgan fingerprint density at radius 3 is 2.78 bits per heavy atom. The largest absolute Gasteiger partial charge is 0.508 e. The van der Waals surface area contributed by atoms with E-state index in [-0.39, 0.29) is 23.4 Å². The van der Waals surface area contributed by atoms with Crippen molar-refractivity contribution in [2.75, 3.05) is 32.8 Å². The third kappa shape index (κ3) is 3.08. The molecule has 1 fully saturated rings.